The van der Waals surface area contributed by atoms with Gasteiger partial charge in [-0.25, -0.2) is 4.39 Å². The third-order valence-corrected chi connectivity index (χ3v) is 3.43. The molecule has 2 rings (SSSR count). The summed E-state index contributed by atoms with van der Waals surface area (Å²) in [5.74, 6) is -0.643. The Morgan fingerprint density at radius 2 is 2.17 bits per heavy atom. The van der Waals surface area contributed by atoms with Crippen LogP contribution in [0.1, 0.15) is 18.4 Å². The van der Waals surface area contributed by atoms with Crippen molar-refractivity contribution >= 4 is 5.91 Å². The van der Waals surface area contributed by atoms with Crippen molar-refractivity contribution in [3.8, 4) is 0 Å². The molecule has 0 aliphatic heterocycles. The van der Waals surface area contributed by atoms with Gasteiger partial charge in [-0.05, 0) is 24.5 Å². The summed E-state index contributed by atoms with van der Waals surface area (Å²) in [6.07, 6.45) is 1.70. The van der Waals surface area contributed by atoms with Crippen LogP contribution in [0.5, 0.6) is 0 Å². The summed E-state index contributed by atoms with van der Waals surface area (Å²) in [6, 6.07) is 5.70. The van der Waals surface area contributed by atoms with E-state index < -0.39 is 18.6 Å². The maximum absolute atomic E-state index is 13.7. The maximum atomic E-state index is 13.7. The number of carbonyl (C=O) groups is 1. The van der Waals surface area contributed by atoms with Crippen molar-refractivity contribution in [1.29, 1.82) is 0 Å². The van der Waals surface area contributed by atoms with Crippen molar-refractivity contribution in [2.75, 3.05) is 13.2 Å². The maximum Gasteiger partial charge on any atom is 0.239 e. The first-order valence-electron chi connectivity index (χ1n) is 5.98. The standard InChI is InChI=1S/C13H17FN2O2/c14-10-4-2-1-3-9(10)13(5-6-13)8-16-12(18)11(15)7-17/h1-4,11,17H,5-8,15H2,(H,16,18). The third-order valence-electron chi connectivity index (χ3n) is 3.43. The van der Waals surface area contributed by atoms with Crippen LogP contribution in [0.15, 0.2) is 24.3 Å². The van der Waals surface area contributed by atoms with E-state index in [1.807, 2.05) is 0 Å². The van der Waals surface area contributed by atoms with Crippen LogP contribution in [0.3, 0.4) is 0 Å². The second kappa shape index (κ2) is 5.04. The Labute approximate surface area is 105 Å². The van der Waals surface area contributed by atoms with Crippen molar-refractivity contribution in [3.05, 3.63) is 35.6 Å². The largest absolute Gasteiger partial charge is 0.394 e. The van der Waals surface area contributed by atoms with E-state index in [0.29, 0.717) is 12.1 Å². The number of nitrogens with two attached hydrogens (primary N) is 1. The molecule has 1 saturated carbocycles. The Morgan fingerprint density at radius 1 is 1.50 bits per heavy atom. The molecule has 4 nitrogen and oxygen atoms in total. The van der Waals surface area contributed by atoms with Crippen LogP contribution in [0.4, 0.5) is 4.39 Å². The lowest BCUT2D eigenvalue weighted by atomic mass is 9.95. The zero-order valence-electron chi connectivity index (χ0n) is 10.0. The summed E-state index contributed by atoms with van der Waals surface area (Å²) in [4.78, 5) is 11.5. The minimum Gasteiger partial charge on any atom is -0.394 e. The van der Waals surface area contributed by atoms with E-state index in [1.54, 1.807) is 18.2 Å². The first-order valence-corrected chi connectivity index (χ1v) is 5.98. The van der Waals surface area contributed by atoms with Gasteiger partial charge in [0, 0.05) is 12.0 Å². The smallest absolute Gasteiger partial charge is 0.239 e. The van der Waals surface area contributed by atoms with Crippen molar-refractivity contribution in [2.45, 2.75) is 24.3 Å². The van der Waals surface area contributed by atoms with E-state index in [1.165, 1.54) is 6.07 Å². The fourth-order valence-corrected chi connectivity index (χ4v) is 2.05. The van der Waals surface area contributed by atoms with Crippen LogP contribution in [-0.4, -0.2) is 30.2 Å². The number of nitrogens with one attached hydrogen (secondary N) is 1. The lowest BCUT2D eigenvalue weighted by molar-refractivity contribution is -0.123. The van der Waals surface area contributed by atoms with Gasteiger partial charge in [-0.1, -0.05) is 18.2 Å². The van der Waals surface area contributed by atoms with Crippen LogP contribution in [0.25, 0.3) is 0 Å². The van der Waals surface area contributed by atoms with E-state index in [9.17, 15) is 9.18 Å². The molecule has 18 heavy (non-hydrogen) atoms. The minimum absolute atomic E-state index is 0.240. The highest BCUT2D eigenvalue weighted by Crippen LogP contribution is 2.48. The zero-order valence-corrected chi connectivity index (χ0v) is 10.0. The summed E-state index contributed by atoms with van der Waals surface area (Å²) in [7, 11) is 0. The summed E-state index contributed by atoms with van der Waals surface area (Å²) in [6.45, 7) is -0.0288. The Hall–Kier alpha value is -1.46. The number of rotatable bonds is 5. The molecule has 5 heteroatoms. The van der Waals surface area contributed by atoms with Crippen molar-refractivity contribution in [3.63, 3.8) is 0 Å². The second-order valence-corrected chi connectivity index (χ2v) is 4.77. The Kier molecular flexibility index (Phi) is 3.63. The second-order valence-electron chi connectivity index (χ2n) is 4.77. The fourth-order valence-electron chi connectivity index (χ4n) is 2.05. The van der Waals surface area contributed by atoms with Crippen LogP contribution in [-0.2, 0) is 10.2 Å². The van der Waals surface area contributed by atoms with Gasteiger partial charge in [0.2, 0.25) is 5.91 Å². The summed E-state index contributed by atoms with van der Waals surface area (Å²) >= 11 is 0. The van der Waals surface area contributed by atoms with Crippen molar-refractivity contribution in [2.24, 2.45) is 5.73 Å². The molecule has 1 aliphatic rings. The predicted molar refractivity (Wildman–Crippen MR) is 65.4 cm³/mol. The number of hydrogen-bond donors (Lipinski definition) is 3. The first kappa shape index (κ1) is 13.0. The molecule has 98 valence electrons. The van der Waals surface area contributed by atoms with E-state index >= 15 is 0 Å². The highest BCUT2D eigenvalue weighted by Gasteiger charge is 2.46. The Balaban J connectivity index is 2.01. The third kappa shape index (κ3) is 2.52. The Bertz CT molecular complexity index is 446. The highest BCUT2D eigenvalue weighted by molar-refractivity contribution is 5.81. The molecule has 1 fully saturated rings. The molecular weight excluding hydrogens is 235 g/mol. The van der Waals surface area contributed by atoms with Gasteiger partial charge in [-0.15, -0.1) is 0 Å². The highest BCUT2D eigenvalue weighted by atomic mass is 19.1. The lowest BCUT2D eigenvalue weighted by Crippen LogP contribution is -2.45. The molecule has 1 aromatic carbocycles. The minimum atomic E-state index is -0.915. The van der Waals surface area contributed by atoms with Gasteiger partial charge in [-0.2, -0.15) is 0 Å². The number of aliphatic hydroxyl groups is 1. The number of halogens is 1. The topological polar surface area (TPSA) is 75.3 Å². The van der Waals surface area contributed by atoms with Crippen LogP contribution < -0.4 is 11.1 Å². The van der Waals surface area contributed by atoms with Gasteiger partial charge in [-0.3, -0.25) is 4.79 Å². The van der Waals surface area contributed by atoms with Gasteiger partial charge in [0.05, 0.1) is 6.61 Å². The van der Waals surface area contributed by atoms with E-state index in [4.69, 9.17) is 10.8 Å². The average Bonchev–Trinajstić information content (AvgIpc) is 3.16. The van der Waals surface area contributed by atoms with Gasteiger partial charge in [0.25, 0.3) is 0 Å². The predicted octanol–water partition coefficient (Wildman–Crippen LogP) is 0.293. The van der Waals surface area contributed by atoms with Gasteiger partial charge in [0.15, 0.2) is 0 Å². The first-order chi connectivity index (χ1) is 8.59. The average molecular weight is 252 g/mol. The molecule has 1 aromatic rings. The van der Waals surface area contributed by atoms with E-state index in [2.05, 4.69) is 5.32 Å². The molecule has 1 aliphatic carbocycles. The molecule has 1 unspecified atom stereocenters. The van der Waals surface area contributed by atoms with E-state index in [0.717, 1.165) is 12.8 Å². The SMILES string of the molecule is NC(CO)C(=O)NCC1(c2ccccc2F)CC1. The molecule has 0 bridgehead atoms. The molecule has 1 atom stereocenters. The van der Waals surface area contributed by atoms with Crippen LogP contribution >= 0.6 is 0 Å². The van der Waals surface area contributed by atoms with Gasteiger partial charge >= 0.3 is 0 Å². The normalized spacial score (nSPS) is 18.2. The summed E-state index contributed by atoms with van der Waals surface area (Å²) < 4.78 is 13.7. The summed E-state index contributed by atoms with van der Waals surface area (Å²) in [5, 5.41) is 11.4. The van der Waals surface area contributed by atoms with Gasteiger partial charge in [0.1, 0.15) is 11.9 Å². The summed E-state index contributed by atoms with van der Waals surface area (Å²) in [5.41, 5.74) is 5.74. The lowest BCUT2D eigenvalue weighted by Gasteiger charge is -2.18. The molecule has 1 amide bonds. The number of benzene rings is 1. The van der Waals surface area contributed by atoms with Crippen LogP contribution in [0.2, 0.25) is 0 Å². The van der Waals surface area contributed by atoms with Crippen LogP contribution in [0, 0.1) is 5.82 Å². The molecule has 0 spiro atoms. The molecule has 0 radical (unpaired) electrons. The zero-order chi connectivity index (χ0) is 13.2. The number of amides is 1. The number of hydrogen-bond acceptors (Lipinski definition) is 3. The van der Waals surface area contributed by atoms with E-state index in [-0.39, 0.29) is 11.2 Å². The molecule has 4 N–H and O–H groups in total. The fraction of sp³-hybridized carbons (Fsp3) is 0.462. The number of carbonyl (C=O) groups excluding carboxylic acids is 1. The Morgan fingerprint density at radius 3 is 2.72 bits per heavy atom. The molecule has 0 saturated heterocycles. The van der Waals surface area contributed by atoms with Gasteiger partial charge < -0.3 is 16.2 Å². The monoisotopic (exact) mass is 252 g/mol. The number of aliphatic hydroxyl groups excluding tert-OH is 1. The molecule has 0 heterocycles. The van der Waals surface area contributed by atoms with Crippen molar-refractivity contribution in [1.82, 2.24) is 5.32 Å². The van der Waals surface area contributed by atoms with Crippen molar-refractivity contribution < 1.29 is 14.3 Å². The quantitative estimate of drug-likeness (QED) is 0.705. The molecule has 0 aromatic heterocycles. The molecular formula is C13H17FN2O2.